The smallest absolute Gasteiger partial charge is 0.0846 e. The van der Waals surface area contributed by atoms with Crippen LogP contribution in [0.4, 0.5) is 0 Å². The van der Waals surface area contributed by atoms with Crippen molar-refractivity contribution in [1.82, 2.24) is 0 Å². The number of thioether (sulfide) groups is 2. The van der Waals surface area contributed by atoms with Gasteiger partial charge in [-0.1, -0.05) is 91.0 Å². The van der Waals surface area contributed by atoms with Gasteiger partial charge in [-0.3, -0.25) is 0 Å². The highest BCUT2D eigenvalue weighted by atomic mass is 32.2. The largest absolute Gasteiger partial charge is 0.105 e. The molecule has 0 aliphatic carbocycles. The lowest BCUT2D eigenvalue weighted by Crippen LogP contribution is -1.83. The van der Waals surface area contributed by atoms with Crippen LogP contribution in [0.2, 0.25) is 0 Å². The Labute approximate surface area is 145 Å². The Kier molecular flexibility index (Phi) is 4.27. The Morgan fingerprint density at radius 1 is 0.478 bits per heavy atom. The summed E-state index contributed by atoms with van der Waals surface area (Å²) in [6, 6.07) is 32.2. The minimum absolute atomic E-state index is 0.418. The summed E-state index contributed by atoms with van der Waals surface area (Å²) in [5.41, 5.74) is 3.99. The average Bonchev–Trinajstić information content (AvgIpc) is 3.09. The molecule has 0 bridgehead atoms. The van der Waals surface area contributed by atoms with Crippen molar-refractivity contribution < 1.29 is 0 Å². The molecule has 112 valence electrons. The molecule has 3 aromatic rings. The monoisotopic (exact) mass is 332 g/mol. The SMILES string of the molecule is c1ccc(C2=C(c3ccccc3)SC(c3ccccc3)S2)cc1. The molecule has 2 heteroatoms. The Balaban J connectivity index is 1.76. The zero-order chi connectivity index (χ0) is 15.5. The third-order valence-electron chi connectivity index (χ3n) is 3.80. The van der Waals surface area contributed by atoms with Crippen molar-refractivity contribution in [3.8, 4) is 0 Å². The summed E-state index contributed by atoms with van der Waals surface area (Å²) < 4.78 is 0.418. The second-order valence-electron chi connectivity index (χ2n) is 5.37. The molecule has 0 radical (unpaired) electrons. The molecule has 23 heavy (non-hydrogen) atoms. The zero-order valence-corrected chi connectivity index (χ0v) is 14.2. The van der Waals surface area contributed by atoms with Gasteiger partial charge in [0.2, 0.25) is 0 Å². The maximum atomic E-state index is 2.22. The predicted molar refractivity (Wildman–Crippen MR) is 104 cm³/mol. The van der Waals surface area contributed by atoms with E-state index in [1.165, 1.54) is 26.5 Å². The van der Waals surface area contributed by atoms with Gasteiger partial charge in [-0.15, -0.1) is 23.5 Å². The van der Waals surface area contributed by atoms with Crippen LogP contribution in [0.1, 0.15) is 21.3 Å². The molecule has 0 unspecified atom stereocenters. The minimum atomic E-state index is 0.418. The van der Waals surface area contributed by atoms with Crippen molar-refractivity contribution in [2.45, 2.75) is 4.58 Å². The number of hydrogen-bond donors (Lipinski definition) is 0. The molecular weight excluding hydrogens is 316 g/mol. The topological polar surface area (TPSA) is 0 Å². The summed E-state index contributed by atoms with van der Waals surface area (Å²) in [5, 5.41) is 0. The van der Waals surface area contributed by atoms with E-state index in [9.17, 15) is 0 Å². The molecule has 0 fully saturated rings. The van der Waals surface area contributed by atoms with E-state index in [1.807, 2.05) is 23.5 Å². The Bertz CT molecular complexity index is 757. The highest BCUT2D eigenvalue weighted by Crippen LogP contribution is 2.61. The lowest BCUT2D eigenvalue weighted by atomic mass is 10.1. The van der Waals surface area contributed by atoms with E-state index in [4.69, 9.17) is 0 Å². The molecule has 0 atom stereocenters. The third-order valence-corrected chi connectivity index (χ3v) is 6.83. The van der Waals surface area contributed by atoms with Gasteiger partial charge in [-0.2, -0.15) is 0 Å². The second kappa shape index (κ2) is 6.69. The highest BCUT2D eigenvalue weighted by Gasteiger charge is 2.28. The van der Waals surface area contributed by atoms with E-state index >= 15 is 0 Å². The van der Waals surface area contributed by atoms with Crippen molar-refractivity contribution in [2.24, 2.45) is 0 Å². The first-order valence-electron chi connectivity index (χ1n) is 7.65. The first-order chi connectivity index (χ1) is 11.4. The van der Waals surface area contributed by atoms with Crippen LogP contribution in [0, 0.1) is 0 Å². The molecule has 0 saturated carbocycles. The van der Waals surface area contributed by atoms with Crippen LogP contribution in [0.3, 0.4) is 0 Å². The molecule has 0 nitrogen and oxygen atoms in total. The maximum Gasteiger partial charge on any atom is 0.0846 e. The van der Waals surface area contributed by atoms with Crippen LogP contribution in [0.5, 0.6) is 0 Å². The van der Waals surface area contributed by atoms with E-state index in [2.05, 4.69) is 91.0 Å². The van der Waals surface area contributed by atoms with Crippen molar-refractivity contribution in [1.29, 1.82) is 0 Å². The molecule has 3 aromatic carbocycles. The lowest BCUT2D eigenvalue weighted by Gasteiger charge is -2.09. The number of hydrogen-bond acceptors (Lipinski definition) is 2. The highest BCUT2D eigenvalue weighted by molar-refractivity contribution is 8.29. The van der Waals surface area contributed by atoms with Gasteiger partial charge >= 0.3 is 0 Å². The van der Waals surface area contributed by atoms with Gasteiger partial charge in [-0.05, 0) is 16.7 Å². The fourth-order valence-electron chi connectivity index (χ4n) is 2.67. The summed E-state index contributed by atoms with van der Waals surface area (Å²) in [5.74, 6) is 0. The minimum Gasteiger partial charge on any atom is -0.105 e. The van der Waals surface area contributed by atoms with E-state index in [-0.39, 0.29) is 0 Å². The van der Waals surface area contributed by atoms with E-state index in [0.717, 1.165) is 0 Å². The molecule has 1 aliphatic rings. The summed E-state index contributed by atoms with van der Waals surface area (Å²) in [6.07, 6.45) is 0. The van der Waals surface area contributed by atoms with Crippen LogP contribution in [-0.4, -0.2) is 0 Å². The molecule has 0 amide bonds. The van der Waals surface area contributed by atoms with E-state index in [0.29, 0.717) is 4.58 Å². The zero-order valence-electron chi connectivity index (χ0n) is 12.6. The van der Waals surface area contributed by atoms with Gasteiger partial charge in [0.25, 0.3) is 0 Å². The standard InChI is InChI=1S/C21H16S2/c1-4-10-16(11-5-1)19-20(17-12-6-2-7-13-17)23-21(22-19)18-14-8-3-9-15-18/h1-15,21H. The fourth-order valence-corrected chi connectivity index (χ4v) is 5.74. The van der Waals surface area contributed by atoms with E-state index in [1.54, 1.807) is 0 Å². The van der Waals surface area contributed by atoms with Crippen LogP contribution >= 0.6 is 23.5 Å². The fraction of sp³-hybridized carbons (Fsp3) is 0.0476. The Morgan fingerprint density at radius 2 is 0.870 bits per heavy atom. The Hall–Kier alpha value is -1.90. The average molecular weight is 332 g/mol. The van der Waals surface area contributed by atoms with Gasteiger partial charge in [-0.25, -0.2) is 0 Å². The van der Waals surface area contributed by atoms with Crippen molar-refractivity contribution in [2.75, 3.05) is 0 Å². The molecule has 4 rings (SSSR count). The summed E-state index contributed by atoms with van der Waals surface area (Å²) in [4.78, 5) is 2.77. The second-order valence-corrected chi connectivity index (χ2v) is 7.90. The van der Waals surface area contributed by atoms with Gasteiger partial charge in [0.1, 0.15) is 0 Å². The quantitative estimate of drug-likeness (QED) is 0.524. The van der Waals surface area contributed by atoms with Crippen molar-refractivity contribution in [3.63, 3.8) is 0 Å². The van der Waals surface area contributed by atoms with Gasteiger partial charge < -0.3 is 0 Å². The summed E-state index contributed by atoms with van der Waals surface area (Å²) in [6.45, 7) is 0. The van der Waals surface area contributed by atoms with Gasteiger partial charge in [0.15, 0.2) is 0 Å². The van der Waals surface area contributed by atoms with Crippen molar-refractivity contribution in [3.05, 3.63) is 108 Å². The first-order valence-corrected chi connectivity index (χ1v) is 9.41. The van der Waals surface area contributed by atoms with Crippen LogP contribution in [0.15, 0.2) is 91.0 Å². The van der Waals surface area contributed by atoms with Crippen LogP contribution in [-0.2, 0) is 0 Å². The summed E-state index contributed by atoms with van der Waals surface area (Å²) >= 11 is 3.92. The van der Waals surface area contributed by atoms with E-state index < -0.39 is 0 Å². The Morgan fingerprint density at radius 3 is 1.30 bits per heavy atom. The summed E-state index contributed by atoms with van der Waals surface area (Å²) in [7, 11) is 0. The molecule has 0 saturated heterocycles. The molecule has 1 heterocycles. The van der Waals surface area contributed by atoms with Gasteiger partial charge in [0, 0.05) is 9.81 Å². The third kappa shape index (κ3) is 3.10. The first kappa shape index (κ1) is 14.7. The van der Waals surface area contributed by atoms with Crippen molar-refractivity contribution >= 4 is 33.3 Å². The van der Waals surface area contributed by atoms with Crippen LogP contribution < -0.4 is 0 Å². The predicted octanol–water partition coefficient (Wildman–Crippen LogP) is 6.69. The lowest BCUT2D eigenvalue weighted by molar-refractivity contribution is 1.40. The number of benzene rings is 3. The van der Waals surface area contributed by atoms with Gasteiger partial charge in [0.05, 0.1) is 4.58 Å². The van der Waals surface area contributed by atoms with Crippen LogP contribution in [0.25, 0.3) is 9.81 Å². The molecular formula is C21H16S2. The maximum absolute atomic E-state index is 2.22. The molecule has 0 aromatic heterocycles. The molecule has 0 spiro atoms. The normalized spacial score (nSPS) is 15.1. The number of rotatable bonds is 3. The molecule has 1 aliphatic heterocycles. The molecule has 0 N–H and O–H groups in total.